The van der Waals surface area contributed by atoms with Crippen LogP contribution in [0.3, 0.4) is 0 Å². The van der Waals surface area contributed by atoms with Gasteiger partial charge in [0, 0.05) is 13.1 Å². The number of halogens is 2. The lowest BCUT2D eigenvalue weighted by atomic mass is 10.2. The first kappa shape index (κ1) is 17.2. The SMILES string of the molecule is O=C1CN(c2ccccc2NS(=O)(=O)c2c(F)cccc2F)CCN1. The zero-order valence-corrected chi connectivity index (χ0v) is 13.8. The Kier molecular flexibility index (Phi) is 4.58. The highest BCUT2D eigenvalue weighted by molar-refractivity contribution is 7.92. The average Bonchev–Trinajstić information content (AvgIpc) is 2.54. The van der Waals surface area contributed by atoms with Gasteiger partial charge >= 0.3 is 0 Å². The lowest BCUT2D eigenvalue weighted by Gasteiger charge is -2.30. The summed E-state index contributed by atoms with van der Waals surface area (Å²) in [7, 11) is -4.48. The first-order chi connectivity index (χ1) is 11.9. The maximum absolute atomic E-state index is 13.8. The molecular weight excluding hydrogens is 352 g/mol. The van der Waals surface area contributed by atoms with Gasteiger partial charge in [-0.1, -0.05) is 18.2 Å². The van der Waals surface area contributed by atoms with Crippen LogP contribution in [0.4, 0.5) is 20.2 Å². The van der Waals surface area contributed by atoms with E-state index in [1.807, 2.05) is 0 Å². The fraction of sp³-hybridized carbons (Fsp3) is 0.188. The molecule has 2 aromatic rings. The molecule has 0 radical (unpaired) electrons. The van der Waals surface area contributed by atoms with Crippen molar-refractivity contribution in [3.63, 3.8) is 0 Å². The topological polar surface area (TPSA) is 78.5 Å². The zero-order valence-electron chi connectivity index (χ0n) is 13.0. The largest absolute Gasteiger partial charge is 0.359 e. The van der Waals surface area contributed by atoms with Crippen LogP contribution in [0.5, 0.6) is 0 Å². The smallest absolute Gasteiger partial charge is 0.267 e. The van der Waals surface area contributed by atoms with Gasteiger partial charge in [-0.05, 0) is 24.3 Å². The van der Waals surface area contributed by atoms with Crippen molar-refractivity contribution >= 4 is 27.3 Å². The van der Waals surface area contributed by atoms with Crippen molar-refractivity contribution in [3.8, 4) is 0 Å². The molecule has 25 heavy (non-hydrogen) atoms. The van der Waals surface area contributed by atoms with Crippen LogP contribution in [0.1, 0.15) is 0 Å². The molecule has 0 aromatic heterocycles. The van der Waals surface area contributed by atoms with Crippen molar-refractivity contribution in [1.29, 1.82) is 0 Å². The first-order valence-corrected chi connectivity index (χ1v) is 8.94. The molecule has 1 amide bonds. The Morgan fingerprint density at radius 3 is 2.40 bits per heavy atom. The number of nitrogens with zero attached hydrogens (tertiary/aromatic N) is 1. The van der Waals surface area contributed by atoms with Crippen molar-refractivity contribution in [2.45, 2.75) is 4.90 Å². The molecular formula is C16H15F2N3O3S. The number of sulfonamides is 1. The van der Waals surface area contributed by atoms with E-state index >= 15 is 0 Å². The molecule has 9 heteroatoms. The highest BCUT2D eigenvalue weighted by Crippen LogP contribution is 2.29. The van der Waals surface area contributed by atoms with E-state index in [2.05, 4.69) is 10.0 Å². The van der Waals surface area contributed by atoms with Crippen LogP contribution in [-0.4, -0.2) is 34.0 Å². The van der Waals surface area contributed by atoms with Gasteiger partial charge in [0.2, 0.25) is 5.91 Å². The molecule has 0 saturated carbocycles. The molecule has 1 saturated heterocycles. The van der Waals surface area contributed by atoms with Crippen LogP contribution in [0.2, 0.25) is 0 Å². The molecule has 6 nitrogen and oxygen atoms in total. The summed E-state index contributed by atoms with van der Waals surface area (Å²) in [6.45, 7) is 0.965. The van der Waals surface area contributed by atoms with Crippen LogP contribution >= 0.6 is 0 Å². The van der Waals surface area contributed by atoms with Crippen molar-refractivity contribution < 1.29 is 22.0 Å². The summed E-state index contributed by atoms with van der Waals surface area (Å²) in [5.41, 5.74) is 0.595. The van der Waals surface area contributed by atoms with Crippen molar-refractivity contribution in [2.75, 3.05) is 29.3 Å². The highest BCUT2D eigenvalue weighted by atomic mass is 32.2. The number of amides is 1. The molecule has 1 aliphatic rings. The Morgan fingerprint density at radius 2 is 1.72 bits per heavy atom. The number of benzene rings is 2. The van der Waals surface area contributed by atoms with Gasteiger partial charge in [-0.15, -0.1) is 0 Å². The second-order valence-corrected chi connectivity index (χ2v) is 7.06. The first-order valence-electron chi connectivity index (χ1n) is 7.46. The van der Waals surface area contributed by atoms with Crippen molar-refractivity contribution in [3.05, 3.63) is 54.1 Å². The third kappa shape index (κ3) is 3.55. The zero-order chi connectivity index (χ0) is 18.0. The average molecular weight is 367 g/mol. The van der Waals surface area contributed by atoms with E-state index in [1.165, 1.54) is 6.07 Å². The number of hydrogen-bond donors (Lipinski definition) is 2. The van der Waals surface area contributed by atoms with Crippen LogP contribution in [0.25, 0.3) is 0 Å². The Morgan fingerprint density at radius 1 is 1.04 bits per heavy atom. The predicted molar refractivity (Wildman–Crippen MR) is 88.8 cm³/mol. The minimum atomic E-state index is -4.48. The lowest BCUT2D eigenvalue weighted by molar-refractivity contribution is -0.120. The summed E-state index contributed by atoms with van der Waals surface area (Å²) in [6, 6.07) is 9.21. The molecule has 0 aliphatic carbocycles. The van der Waals surface area contributed by atoms with Crippen molar-refractivity contribution in [2.24, 2.45) is 0 Å². The second kappa shape index (κ2) is 6.67. The molecule has 3 rings (SSSR count). The van der Waals surface area contributed by atoms with Gasteiger partial charge in [-0.25, -0.2) is 17.2 Å². The molecule has 0 bridgehead atoms. The van der Waals surface area contributed by atoms with Gasteiger partial charge in [0.05, 0.1) is 17.9 Å². The Balaban J connectivity index is 1.97. The van der Waals surface area contributed by atoms with Crippen LogP contribution in [0, 0.1) is 11.6 Å². The van der Waals surface area contributed by atoms with E-state index in [9.17, 15) is 22.0 Å². The van der Waals surface area contributed by atoms with Crippen LogP contribution in [0.15, 0.2) is 47.4 Å². The van der Waals surface area contributed by atoms with Gasteiger partial charge in [0.1, 0.15) is 11.6 Å². The third-order valence-corrected chi connectivity index (χ3v) is 5.13. The van der Waals surface area contributed by atoms with E-state index in [4.69, 9.17) is 0 Å². The fourth-order valence-corrected chi connectivity index (χ4v) is 3.83. The van der Waals surface area contributed by atoms with Crippen molar-refractivity contribution in [1.82, 2.24) is 5.32 Å². The Hall–Kier alpha value is -2.68. The molecule has 0 spiro atoms. The molecule has 132 valence electrons. The van der Waals surface area contributed by atoms with Gasteiger partial charge in [-0.2, -0.15) is 0 Å². The summed E-state index contributed by atoms with van der Waals surface area (Å²) in [5, 5.41) is 2.67. The molecule has 0 atom stereocenters. The van der Waals surface area contributed by atoms with Gasteiger partial charge in [0.15, 0.2) is 4.90 Å². The van der Waals surface area contributed by atoms with E-state index < -0.39 is 26.6 Å². The molecule has 1 fully saturated rings. The summed E-state index contributed by atoms with van der Waals surface area (Å²) < 4.78 is 54.8. The summed E-state index contributed by atoms with van der Waals surface area (Å²) in [6.07, 6.45) is 0. The number of nitrogens with one attached hydrogen (secondary N) is 2. The normalized spacial score (nSPS) is 15.0. The number of anilines is 2. The van der Waals surface area contributed by atoms with E-state index in [-0.39, 0.29) is 18.1 Å². The molecule has 2 aromatic carbocycles. The van der Waals surface area contributed by atoms with Crippen LogP contribution < -0.4 is 14.9 Å². The maximum atomic E-state index is 13.8. The van der Waals surface area contributed by atoms with Crippen LogP contribution in [-0.2, 0) is 14.8 Å². The molecule has 0 unspecified atom stereocenters. The number of carbonyl (C=O) groups excluding carboxylic acids is 1. The summed E-state index contributed by atoms with van der Waals surface area (Å²) >= 11 is 0. The quantitative estimate of drug-likeness (QED) is 0.862. The minimum absolute atomic E-state index is 0.0623. The van der Waals surface area contributed by atoms with E-state index in [0.29, 0.717) is 18.8 Å². The highest BCUT2D eigenvalue weighted by Gasteiger charge is 2.26. The Bertz CT molecular complexity index is 898. The minimum Gasteiger partial charge on any atom is -0.359 e. The fourth-order valence-electron chi connectivity index (χ4n) is 2.61. The third-order valence-electron chi connectivity index (χ3n) is 3.72. The molecule has 2 N–H and O–H groups in total. The standard InChI is InChI=1S/C16H15F2N3O3S/c17-11-4-3-5-12(18)16(11)25(23,24)20-13-6-1-2-7-14(13)21-9-8-19-15(22)10-21/h1-7,20H,8-10H2,(H,19,22). The lowest BCUT2D eigenvalue weighted by Crippen LogP contribution is -2.47. The number of para-hydroxylation sites is 2. The monoisotopic (exact) mass is 367 g/mol. The summed E-state index contributed by atoms with van der Waals surface area (Å²) in [5.74, 6) is -2.55. The number of rotatable bonds is 4. The van der Waals surface area contributed by atoms with Gasteiger partial charge in [-0.3, -0.25) is 9.52 Å². The van der Waals surface area contributed by atoms with E-state index in [1.54, 1.807) is 23.1 Å². The van der Waals surface area contributed by atoms with Gasteiger partial charge < -0.3 is 10.2 Å². The van der Waals surface area contributed by atoms with Gasteiger partial charge in [0.25, 0.3) is 10.0 Å². The second-order valence-electron chi connectivity index (χ2n) is 5.44. The van der Waals surface area contributed by atoms with E-state index in [0.717, 1.165) is 18.2 Å². The Labute approximate surface area is 143 Å². The molecule has 1 aliphatic heterocycles. The molecule has 1 heterocycles. The number of hydrogen-bond acceptors (Lipinski definition) is 4. The number of piperazine rings is 1. The maximum Gasteiger partial charge on any atom is 0.267 e. The summed E-state index contributed by atoms with van der Waals surface area (Å²) in [4.78, 5) is 12.2. The predicted octanol–water partition coefficient (Wildman–Crippen LogP) is 1.70. The number of carbonyl (C=O) groups is 1.